The Morgan fingerprint density at radius 3 is 2.83 bits per heavy atom. The Balaban J connectivity index is 1.66. The highest BCUT2D eigenvalue weighted by Crippen LogP contribution is 2.31. The number of alkyl halides is 3. The van der Waals surface area contributed by atoms with Crippen molar-refractivity contribution in [3.63, 3.8) is 0 Å². The maximum absolute atomic E-state index is 13.1. The molecule has 1 saturated heterocycles. The number of anilines is 1. The van der Waals surface area contributed by atoms with E-state index in [2.05, 4.69) is 19.9 Å². The van der Waals surface area contributed by atoms with Gasteiger partial charge >= 0.3 is 6.18 Å². The van der Waals surface area contributed by atoms with Crippen LogP contribution < -0.4 is 4.90 Å². The molecule has 1 aliphatic rings. The minimum Gasteiger partial charge on any atom is -0.356 e. The molecular formula is C19H21F3N6S. The molecule has 0 amide bonds. The molecule has 0 saturated carbocycles. The maximum Gasteiger partial charge on any atom is 0.417 e. The lowest BCUT2D eigenvalue weighted by Gasteiger charge is -2.33. The lowest BCUT2D eigenvalue weighted by Crippen LogP contribution is -2.37. The zero-order chi connectivity index (χ0) is 20.6. The van der Waals surface area contributed by atoms with E-state index < -0.39 is 11.7 Å². The molecule has 29 heavy (non-hydrogen) atoms. The van der Waals surface area contributed by atoms with Crippen LogP contribution in [-0.4, -0.2) is 44.5 Å². The number of pyridine rings is 1. The topological polar surface area (TPSA) is 70.2 Å². The van der Waals surface area contributed by atoms with Gasteiger partial charge in [0.2, 0.25) is 0 Å². The first-order valence-corrected chi connectivity index (χ1v) is 11.1. The predicted molar refractivity (Wildman–Crippen MR) is 107 cm³/mol. The van der Waals surface area contributed by atoms with Gasteiger partial charge in [0.15, 0.2) is 5.82 Å². The van der Waals surface area contributed by atoms with Crippen LogP contribution in [0.3, 0.4) is 0 Å². The van der Waals surface area contributed by atoms with Gasteiger partial charge in [0.25, 0.3) is 0 Å². The van der Waals surface area contributed by atoms with Crippen molar-refractivity contribution in [1.82, 2.24) is 19.4 Å². The Kier molecular flexibility index (Phi) is 5.28. The van der Waals surface area contributed by atoms with Crippen molar-refractivity contribution in [1.29, 1.82) is 4.78 Å². The van der Waals surface area contributed by atoms with Crippen LogP contribution in [-0.2, 0) is 16.9 Å². The number of hydrogen-bond donors (Lipinski definition) is 1. The van der Waals surface area contributed by atoms with Crippen molar-refractivity contribution in [2.75, 3.05) is 30.0 Å². The summed E-state index contributed by atoms with van der Waals surface area (Å²) in [6, 6.07) is 4.18. The molecule has 0 bridgehead atoms. The van der Waals surface area contributed by atoms with Crippen LogP contribution >= 0.6 is 0 Å². The van der Waals surface area contributed by atoms with Gasteiger partial charge in [-0.2, -0.15) is 13.2 Å². The van der Waals surface area contributed by atoms with Crippen molar-refractivity contribution < 1.29 is 13.2 Å². The SMILES string of the molecule is CS(=N)C[C@H]1CCCN(c2ccnc(-c3cnc4ccc(C(F)(F)F)cn34)n2)C1. The summed E-state index contributed by atoms with van der Waals surface area (Å²) in [5.41, 5.74) is 0.0814. The molecule has 0 aliphatic carbocycles. The fraction of sp³-hybridized carbons (Fsp3) is 0.421. The van der Waals surface area contributed by atoms with Crippen LogP contribution in [0.1, 0.15) is 18.4 Å². The van der Waals surface area contributed by atoms with E-state index in [1.54, 1.807) is 6.20 Å². The average molecular weight is 422 g/mol. The molecule has 0 spiro atoms. The Hall–Kier alpha value is -2.49. The molecule has 3 aromatic heterocycles. The molecule has 4 heterocycles. The van der Waals surface area contributed by atoms with Crippen LogP contribution in [0.2, 0.25) is 0 Å². The van der Waals surface area contributed by atoms with Crippen LogP contribution in [0, 0.1) is 10.7 Å². The minimum absolute atomic E-state index is 0.340. The number of imidazole rings is 1. The Morgan fingerprint density at radius 2 is 2.07 bits per heavy atom. The zero-order valence-corrected chi connectivity index (χ0v) is 16.7. The monoisotopic (exact) mass is 422 g/mol. The first-order valence-electron chi connectivity index (χ1n) is 9.28. The molecule has 10 heteroatoms. The van der Waals surface area contributed by atoms with Gasteiger partial charge in [-0.25, -0.2) is 15.0 Å². The number of nitrogens with one attached hydrogen (secondary N) is 1. The summed E-state index contributed by atoms with van der Waals surface area (Å²) in [6.45, 7) is 1.70. The number of halogens is 3. The molecule has 1 N–H and O–H groups in total. The van der Waals surface area contributed by atoms with E-state index in [1.807, 2.05) is 12.3 Å². The molecule has 1 fully saturated rings. The third-order valence-corrected chi connectivity index (χ3v) is 6.00. The molecule has 3 aromatic rings. The summed E-state index contributed by atoms with van der Waals surface area (Å²) >= 11 is 0. The number of hydrogen-bond acceptors (Lipinski definition) is 5. The van der Waals surface area contributed by atoms with Crippen molar-refractivity contribution in [2.24, 2.45) is 5.92 Å². The van der Waals surface area contributed by atoms with E-state index in [0.29, 0.717) is 23.1 Å². The lowest BCUT2D eigenvalue weighted by atomic mass is 10.0. The smallest absolute Gasteiger partial charge is 0.356 e. The largest absolute Gasteiger partial charge is 0.417 e. The quantitative estimate of drug-likeness (QED) is 0.689. The molecule has 2 atom stereocenters. The van der Waals surface area contributed by atoms with Gasteiger partial charge in [0.05, 0.1) is 11.8 Å². The highest BCUT2D eigenvalue weighted by Gasteiger charge is 2.31. The average Bonchev–Trinajstić information content (AvgIpc) is 3.10. The second-order valence-electron chi connectivity index (χ2n) is 7.28. The van der Waals surface area contributed by atoms with E-state index >= 15 is 0 Å². The van der Waals surface area contributed by atoms with Crippen molar-refractivity contribution in [2.45, 2.75) is 19.0 Å². The highest BCUT2D eigenvalue weighted by atomic mass is 32.2. The van der Waals surface area contributed by atoms with Gasteiger partial charge in [-0.15, -0.1) is 10.7 Å². The molecule has 1 unspecified atom stereocenters. The van der Waals surface area contributed by atoms with E-state index in [1.165, 1.54) is 16.7 Å². The number of rotatable bonds is 4. The fourth-order valence-corrected chi connectivity index (χ4v) is 4.70. The summed E-state index contributed by atoms with van der Waals surface area (Å²) in [4.78, 5) is 15.3. The number of fused-ring (bicyclic) bond motifs is 1. The van der Waals surface area contributed by atoms with Crippen molar-refractivity contribution in [3.05, 3.63) is 42.4 Å². The van der Waals surface area contributed by atoms with E-state index in [4.69, 9.17) is 4.78 Å². The third-order valence-electron chi connectivity index (χ3n) is 5.03. The van der Waals surface area contributed by atoms with Crippen LogP contribution in [0.5, 0.6) is 0 Å². The third kappa shape index (κ3) is 4.26. The highest BCUT2D eigenvalue weighted by molar-refractivity contribution is 7.85. The van der Waals surface area contributed by atoms with Gasteiger partial charge in [-0.05, 0) is 43.2 Å². The van der Waals surface area contributed by atoms with Crippen molar-refractivity contribution in [3.8, 4) is 11.5 Å². The molecule has 4 rings (SSSR count). The van der Waals surface area contributed by atoms with Gasteiger partial charge in [0.1, 0.15) is 17.2 Å². The second kappa shape index (κ2) is 7.74. The number of piperidine rings is 1. The van der Waals surface area contributed by atoms with E-state index in [0.717, 1.165) is 49.8 Å². The Labute approximate surface area is 168 Å². The standard InChI is InChI=1S/C19H21F3N6S/c1-29(23)12-13-3-2-8-27(10-13)17-6-7-24-18(26-17)15-9-25-16-5-4-14(11-28(15)16)19(20,21)22/h4-7,9,11,13,23H,2-3,8,10,12H2,1H3/t13-,29?/m0/s1. The summed E-state index contributed by atoms with van der Waals surface area (Å²) < 4.78 is 48.5. The van der Waals surface area contributed by atoms with Gasteiger partial charge < -0.3 is 4.90 Å². The summed E-state index contributed by atoms with van der Waals surface area (Å²) in [5.74, 6) is 2.43. The minimum atomic E-state index is -4.43. The van der Waals surface area contributed by atoms with Crippen LogP contribution in [0.4, 0.5) is 19.0 Å². The molecular weight excluding hydrogens is 401 g/mol. The van der Waals surface area contributed by atoms with Crippen molar-refractivity contribution >= 4 is 22.2 Å². The van der Waals surface area contributed by atoms with Gasteiger partial charge in [0, 0.05) is 31.2 Å². The number of aromatic nitrogens is 4. The summed E-state index contributed by atoms with van der Waals surface area (Å²) in [7, 11) is -0.351. The lowest BCUT2D eigenvalue weighted by molar-refractivity contribution is -0.137. The van der Waals surface area contributed by atoms with E-state index in [-0.39, 0.29) is 10.7 Å². The first-order chi connectivity index (χ1) is 13.8. The zero-order valence-electron chi connectivity index (χ0n) is 15.9. The Bertz CT molecular complexity index is 1050. The summed E-state index contributed by atoms with van der Waals surface area (Å²) in [5, 5.41) is 0. The fourth-order valence-electron chi connectivity index (χ4n) is 3.73. The molecule has 154 valence electrons. The second-order valence-corrected chi connectivity index (χ2v) is 8.89. The summed E-state index contributed by atoms with van der Waals surface area (Å²) in [6.07, 6.45) is 3.79. The molecule has 0 radical (unpaired) electrons. The molecule has 6 nitrogen and oxygen atoms in total. The normalized spacial score (nSPS) is 18.9. The van der Waals surface area contributed by atoms with Crippen LogP contribution in [0.15, 0.2) is 36.8 Å². The molecule has 0 aromatic carbocycles. The first kappa shape index (κ1) is 19.8. The number of nitrogens with zero attached hydrogens (tertiary/aromatic N) is 5. The van der Waals surface area contributed by atoms with Gasteiger partial charge in [-0.1, -0.05) is 0 Å². The van der Waals surface area contributed by atoms with E-state index in [9.17, 15) is 13.2 Å². The molecule has 1 aliphatic heterocycles. The van der Waals surface area contributed by atoms with Gasteiger partial charge in [-0.3, -0.25) is 9.18 Å². The maximum atomic E-state index is 13.1. The van der Waals surface area contributed by atoms with Crippen LogP contribution in [0.25, 0.3) is 17.2 Å². The predicted octanol–water partition coefficient (Wildman–Crippen LogP) is 4.04. The Morgan fingerprint density at radius 1 is 1.24 bits per heavy atom.